The zero-order chi connectivity index (χ0) is 18.6. The molecule has 1 fully saturated rings. The number of aliphatic imine (C=N–C) groups is 1. The van der Waals surface area contributed by atoms with Crippen molar-refractivity contribution < 1.29 is 0 Å². The standard InChI is InChI=1S/C21H37N5.HI/c1-4-25(5-2)15-9-14-23-21(22-3)24-20-12-16-26(17-13-20)18-19-10-7-6-8-11-19;/h6-8,10-11,20H,4-5,9,12-18H2,1-3H3,(H2,22,23,24);1H. The Morgan fingerprint density at radius 3 is 2.41 bits per heavy atom. The Morgan fingerprint density at radius 1 is 1.15 bits per heavy atom. The summed E-state index contributed by atoms with van der Waals surface area (Å²) in [7, 11) is 1.87. The van der Waals surface area contributed by atoms with Crippen LogP contribution in [0.2, 0.25) is 0 Å². The van der Waals surface area contributed by atoms with Gasteiger partial charge >= 0.3 is 0 Å². The van der Waals surface area contributed by atoms with Crippen LogP contribution in [0.1, 0.15) is 38.7 Å². The lowest BCUT2D eigenvalue weighted by atomic mass is 10.0. The summed E-state index contributed by atoms with van der Waals surface area (Å²) in [6.07, 6.45) is 3.50. The van der Waals surface area contributed by atoms with E-state index >= 15 is 0 Å². The number of nitrogens with one attached hydrogen (secondary N) is 2. The second-order valence-electron chi connectivity index (χ2n) is 7.06. The number of likely N-dealkylation sites (tertiary alicyclic amines) is 1. The molecule has 2 rings (SSSR count). The Hall–Kier alpha value is -0.860. The Balaban J connectivity index is 0.00000364. The van der Waals surface area contributed by atoms with Crippen molar-refractivity contribution in [3.63, 3.8) is 0 Å². The Morgan fingerprint density at radius 2 is 1.81 bits per heavy atom. The van der Waals surface area contributed by atoms with Crippen LogP contribution in [0.4, 0.5) is 0 Å². The number of hydrogen-bond donors (Lipinski definition) is 2. The van der Waals surface area contributed by atoms with Crippen LogP contribution in [0.5, 0.6) is 0 Å². The molecule has 1 aliphatic heterocycles. The molecular formula is C21H38IN5. The molecule has 27 heavy (non-hydrogen) atoms. The average molecular weight is 487 g/mol. The van der Waals surface area contributed by atoms with Crippen molar-refractivity contribution >= 4 is 29.9 Å². The Bertz CT molecular complexity index is 511. The van der Waals surface area contributed by atoms with Gasteiger partial charge in [0.2, 0.25) is 0 Å². The Labute approximate surface area is 183 Å². The molecule has 0 aromatic heterocycles. The fourth-order valence-electron chi connectivity index (χ4n) is 3.51. The first-order valence-corrected chi connectivity index (χ1v) is 10.2. The van der Waals surface area contributed by atoms with Crippen molar-refractivity contribution in [1.82, 2.24) is 20.4 Å². The zero-order valence-electron chi connectivity index (χ0n) is 17.3. The average Bonchev–Trinajstić information content (AvgIpc) is 2.69. The number of hydrogen-bond acceptors (Lipinski definition) is 3. The number of guanidine groups is 1. The van der Waals surface area contributed by atoms with Gasteiger partial charge < -0.3 is 15.5 Å². The first kappa shape index (κ1) is 24.2. The molecule has 1 aromatic carbocycles. The maximum absolute atomic E-state index is 4.39. The second kappa shape index (κ2) is 14.2. The third-order valence-electron chi connectivity index (χ3n) is 5.24. The monoisotopic (exact) mass is 487 g/mol. The van der Waals surface area contributed by atoms with E-state index in [0.29, 0.717) is 6.04 Å². The lowest BCUT2D eigenvalue weighted by Crippen LogP contribution is -2.48. The van der Waals surface area contributed by atoms with Gasteiger partial charge in [0.1, 0.15) is 0 Å². The van der Waals surface area contributed by atoms with Crippen molar-refractivity contribution in [1.29, 1.82) is 0 Å². The zero-order valence-corrected chi connectivity index (χ0v) is 19.6. The van der Waals surface area contributed by atoms with E-state index in [1.165, 1.54) is 18.4 Å². The Kier molecular flexibility index (Phi) is 12.7. The highest BCUT2D eigenvalue weighted by atomic mass is 127. The van der Waals surface area contributed by atoms with Gasteiger partial charge in [0.15, 0.2) is 5.96 Å². The van der Waals surface area contributed by atoms with Gasteiger partial charge in [-0.1, -0.05) is 44.2 Å². The number of nitrogens with zero attached hydrogens (tertiary/aromatic N) is 3. The maximum atomic E-state index is 4.39. The van der Waals surface area contributed by atoms with Crippen LogP contribution in [-0.4, -0.2) is 68.1 Å². The number of piperidine rings is 1. The minimum atomic E-state index is 0. The topological polar surface area (TPSA) is 42.9 Å². The molecule has 0 amide bonds. The van der Waals surface area contributed by atoms with Gasteiger partial charge in [0.25, 0.3) is 0 Å². The molecule has 0 spiro atoms. The highest BCUT2D eigenvalue weighted by molar-refractivity contribution is 14.0. The molecule has 1 aliphatic rings. The summed E-state index contributed by atoms with van der Waals surface area (Å²) in [5.41, 5.74) is 1.41. The lowest BCUT2D eigenvalue weighted by Gasteiger charge is -2.33. The summed E-state index contributed by atoms with van der Waals surface area (Å²) in [6, 6.07) is 11.3. The van der Waals surface area contributed by atoms with Gasteiger partial charge in [-0.2, -0.15) is 0 Å². The van der Waals surface area contributed by atoms with Crippen molar-refractivity contribution in [2.75, 3.05) is 46.3 Å². The fourth-order valence-corrected chi connectivity index (χ4v) is 3.51. The van der Waals surface area contributed by atoms with E-state index in [-0.39, 0.29) is 24.0 Å². The fraction of sp³-hybridized carbons (Fsp3) is 0.667. The first-order chi connectivity index (χ1) is 12.7. The van der Waals surface area contributed by atoms with E-state index in [1.54, 1.807) is 0 Å². The summed E-state index contributed by atoms with van der Waals surface area (Å²) in [5.74, 6) is 0.950. The summed E-state index contributed by atoms with van der Waals surface area (Å²) >= 11 is 0. The SMILES string of the molecule is CCN(CC)CCCNC(=NC)NC1CCN(Cc2ccccc2)CC1.I. The molecule has 1 heterocycles. The van der Waals surface area contributed by atoms with Crippen molar-refractivity contribution in [2.45, 2.75) is 45.7 Å². The molecule has 0 unspecified atom stereocenters. The second-order valence-corrected chi connectivity index (χ2v) is 7.06. The van der Waals surface area contributed by atoms with Crippen LogP contribution in [0.25, 0.3) is 0 Å². The largest absolute Gasteiger partial charge is 0.356 e. The molecule has 6 heteroatoms. The van der Waals surface area contributed by atoms with Gasteiger partial charge in [-0.25, -0.2) is 0 Å². The van der Waals surface area contributed by atoms with Crippen LogP contribution >= 0.6 is 24.0 Å². The van der Waals surface area contributed by atoms with Crippen molar-refractivity contribution in [2.24, 2.45) is 4.99 Å². The highest BCUT2D eigenvalue weighted by Gasteiger charge is 2.19. The molecule has 154 valence electrons. The van der Waals surface area contributed by atoms with Gasteiger partial charge in [-0.3, -0.25) is 9.89 Å². The lowest BCUT2D eigenvalue weighted by molar-refractivity contribution is 0.198. The molecule has 0 aliphatic carbocycles. The first-order valence-electron chi connectivity index (χ1n) is 10.2. The molecule has 1 aromatic rings. The van der Waals surface area contributed by atoms with E-state index in [1.807, 2.05) is 7.05 Å². The molecular weight excluding hydrogens is 449 g/mol. The number of rotatable bonds is 9. The molecule has 2 N–H and O–H groups in total. The number of halogens is 1. The molecule has 0 saturated carbocycles. The van der Waals surface area contributed by atoms with E-state index in [9.17, 15) is 0 Å². The summed E-state index contributed by atoms with van der Waals surface area (Å²) < 4.78 is 0. The van der Waals surface area contributed by atoms with Crippen LogP contribution < -0.4 is 10.6 Å². The summed E-state index contributed by atoms with van der Waals surface area (Å²) in [4.78, 5) is 9.40. The predicted molar refractivity (Wildman–Crippen MR) is 127 cm³/mol. The smallest absolute Gasteiger partial charge is 0.191 e. The van der Waals surface area contributed by atoms with E-state index in [0.717, 1.165) is 58.2 Å². The third-order valence-corrected chi connectivity index (χ3v) is 5.24. The molecule has 0 bridgehead atoms. The normalized spacial score (nSPS) is 16.2. The van der Waals surface area contributed by atoms with Crippen LogP contribution in [0.15, 0.2) is 35.3 Å². The molecule has 1 saturated heterocycles. The van der Waals surface area contributed by atoms with E-state index in [4.69, 9.17) is 0 Å². The van der Waals surface area contributed by atoms with Gasteiger partial charge in [0.05, 0.1) is 0 Å². The van der Waals surface area contributed by atoms with Crippen LogP contribution in [0.3, 0.4) is 0 Å². The van der Waals surface area contributed by atoms with Crippen LogP contribution in [0, 0.1) is 0 Å². The predicted octanol–water partition coefficient (Wildman–Crippen LogP) is 3.17. The number of benzene rings is 1. The minimum Gasteiger partial charge on any atom is -0.356 e. The van der Waals surface area contributed by atoms with Gasteiger partial charge in [-0.15, -0.1) is 24.0 Å². The summed E-state index contributed by atoms with van der Waals surface area (Å²) in [5, 5.41) is 7.07. The van der Waals surface area contributed by atoms with Gasteiger partial charge in [0, 0.05) is 39.3 Å². The quantitative estimate of drug-likeness (QED) is 0.243. The van der Waals surface area contributed by atoms with Crippen LogP contribution in [-0.2, 0) is 6.54 Å². The van der Waals surface area contributed by atoms with Crippen molar-refractivity contribution in [3.8, 4) is 0 Å². The highest BCUT2D eigenvalue weighted by Crippen LogP contribution is 2.13. The molecule has 0 radical (unpaired) electrons. The molecule has 5 nitrogen and oxygen atoms in total. The maximum Gasteiger partial charge on any atom is 0.191 e. The third kappa shape index (κ3) is 9.25. The van der Waals surface area contributed by atoms with Gasteiger partial charge in [-0.05, 0) is 44.5 Å². The van der Waals surface area contributed by atoms with Crippen molar-refractivity contribution in [3.05, 3.63) is 35.9 Å². The minimum absolute atomic E-state index is 0. The summed E-state index contributed by atoms with van der Waals surface area (Å²) in [6.45, 7) is 12.2. The molecule has 0 atom stereocenters. The van der Waals surface area contributed by atoms with E-state index < -0.39 is 0 Å². The van der Waals surface area contributed by atoms with E-state index in [2.05, 4.69) is 69.6 Å².